The highest BCUT2D eigenvalue weighted by Gasteiger charge is 2.08. The number of hydrogen-bond acceptors (Lipinski definition) is 1. The highest BCUT2D eigenvalue weighted by molar-refractivity contribution is 6.33. The minimum Gasteiger partial charge on any atom is -0.478 e. The van der Waals surface area contributed by atoms with Gasteiger partial charge in [0, 0.05) is 10.6 Å². The number of rotatable bonds is 2. The molecule has 0 bridgehead atoms. The molecule has 2 aromatic rings. The molecule has 0 spiro atoms. The van der Waals surface area contributed by atoms with Crippen LogP contribution in [0.2, 0.25) is 5.02 Å². The molecule has 0 fully saturated rings. The molecule has 2 nitrogen and oxygen atoms in total. The van der Waals surface area contributed by atoms with E-state index < -0.39 is 5.97 Å². The molecule has 0 saturated carbocycles. The second-order valence-corrected chi connectivity index (χ2v) is 4.27. The summed E-state index contributed by atoms with van der Waals surface area (Å²) in [6.07, 6.45) is 0. The SMILES string of the molecule is Cc1ccc(-c2ccc(C(=O)O)cc2Cl)cc1. The molecule has 0 unspecified atom stereocenters. The Labute approximate surface area is 104 Å². The Hall–Kier alpha value is -1.80. The van der Waals surface area contributed by atoms with Crippen molar-refractivity contribution in [1.29, 1.82) is 0 Å². The Kier molecular flexibility index (Phi) is 3.16. The van der Waals surface area contributed by atoms with E-state index in [9.17, 15) is 4.79 Å². The molecule has 0 heterocycles. The van der Waals surface area contributed by atoms with Gasteiger partial charge >= 0.3 is 5.97 Å². The van der Waals surface area contributed by atoms with Crippen molar-refractivity contribution in [2.45, 2.75) is 6.92 Å². The zero-order valence-corrected chi connectivity index (χ0v) is 10.0. The lowest BCUT2D eigenvalue weighted by molar-refractivity contribution is 0.0697. The summed E-state index contributed by atoms with van der Waals surface area (Å²) in [5.74, 6) is -0.970. The van der Waals surface area contributed by atoms with Crippen molar-refractivity contribution in [2.75, 3.05) is 0 Å². The minimum atomic E-state index is -0.970. The first kappa shape index (κ1) is 11.7. The van der Waals surface area contributed by atoms with E-state index in [4.69, 9.17) is 16.7 Å². The molecule has 1 N–H and O–H groups in total. The third kappa shape index (κ3) is 2.48. The van der Waals surface area contributed by atoms with Gasteiger partial charge in [0.05, 0.1) is 5.56 Å². The fourth-order valence-electron chi connectivity index (χ4n) is 1.62. The smallest absolute Gasteiger partial charge is 0.335 e. The first-order valence-corrected chi connectivity index (χ1v) is 5.55. The number of aryl methyl sites for hydroxylation is 1. The van der Waals surface area contributed by atoms with Gasteiger partial charge in [-0.1, -0.05) is 47.5 Å². The molecular weight excluding hydrogens is 236 g/mol. The lowest BCUT2D eigenvalue weighted by Crippen LogP contribution is -1.95. The van der Waals surface area contributed by atoms with Gasteiger partial charge in [0.15, 0.2) is 0 Å². The van der Waals surface area contributed by atoms with Crippen LogP contribution in [0.5, 0.6) is 0 Å². The molecule has 2 aromatic carbocycles. The molecule has 86 valence electrons. The number of carboxylic acid groups (broad SMARTS) is 1. The molecule has 17 heavy (non-hydrogen) atoms. The average Bonchev–Trinajstić information content (AvgIpc) is 2.30. The largest absolute Gasteiger partial charge is 0.478 e. The van der Waals surface area contributed by atoms with Gasteiger partial charge in [-0.25, -0.2) is 4.79 Å². The highest BCUT2D eigenvalue weighted by Crippen LogP contribution is 2.28. The number of aromatic carboxylic acids is 1. The predicted molar refractivity (Wildman–Crippen MR) is 68.6 cm³/mol. The van der Waals surface area contributed by atoms with E-state index >= 15 is 0 Å². The Morgan fingerprint density at radius 1 is 1.12 bits per heavy atom. The Balaban J connectivity index is 2.46. The lowest BCUT2D eigenvalue weighted by Gasteiger charge is -2.06. The molecule has 0 radical (unpaired) electrons. The van der Waals surface area contributed by atoms with E-state index in [2.05, 4.69) is 0 Å². The minimum absolute atomic E-state index is 0.200. The Bertz CT molecular complexity index is 559. The van der Waals surface area contributed by atoms with Crippen molar-refractivity contribution in [2.24, 2.45) is 0 Å². The van der Waals surface area contributed by atoms with Crippen molar-refractivity contribution in [1.82, 2.24) is 0 Å². The monoisotopic (exact) mass is 246 g/mol. The van der Waals surface area contributed by atoms with Gasteiger partial charge in [-0.05, 0) is 24.6 Å². The maximum absolute atomic E-state index is 10.8. The number of carbonyl (C=O) groups is 1. The van der Waals surface area contributed by atoms with E-state index in [0.717, 1.165) is 11.1 Å². The van der Waals surface area contributed by atoms with Crippen LogP contribution in [0.25, 0.3) is 11.1 Å². The summed E-state index contributed by atoms with van der Waals surface area (Å²) in [5, 5.41) is 9.30. The van der Waals surface area contributed by atoms with Gasteiger partial charge in [0.1, 0.15) is 0 Å². The summed E-state index contributed by atoms with van der Waals surface area (Å²) in [7, 11) is 0. The van der Waals surface area contributed by atoms with Gasteiger partial charge < -0.3 is 5.11 Å². The molecule has 0 aromatic heterocycles. The van der Waals surface area contributed by atoms with Crippen LogP contribution in [0.4, 0.5) is 0 Å². The fourth-order valence-corrected chi connectivity index (χ4v) is 1.91. The first-order chi connectivity index (χ1) is 8.08. The third-order valence-corrected chi connectivity index (χ3v) is 2.89. The van der Waals surface area contributed by atoms with Crippen LogP contribution in [0, 0.1) is 6.92 Å². The van der Waals surface area contributed by atoms with E-state index in [-0.39, 0.29) is 5.56 Å². The molecule has 3 heteroatoms. The fraction of sp³-hybridized carbons (Fsp3) is 0.0714. The van der Waals surface area contributed by atoms with Gasteiger partial charge in [0.25, 0.3) is 0 Å². The maximum atomic E-state index is 10.8. The quantitative estimate of drug-likeness (QED) is 0.869. The normalized spacial score (nSPS) is 10.2. The van der Waals surface area contributed by atoms with Crippen LogP contribution in [0.3, 0.4) is 0 Å². The number of halogens is 1. The van der Waals surface area contributed by atoms with Crippen LogP contribution in [0.15, 0.2) is 42.5 Å². The third-order valence-electron chi connectivity index (χ3n) is 2.58. The molecule has 0 aliphatic heterocycles. The molecule has 0 aliphatic carbocycles. The zero-order valence-electron chi connectivity index (χ0n) is 9.27. The van der Waals surface area contributed by atoms with E-state index in [1.807, 2.05) is 31.2 Å². The summed E-state index contributed by atoms with van der Waals surface area (Å²) in [4.78, 5) is 10.8. The molecule has 2 rings (SSSR count). The van der Waals surface area contributed by atoms with Crippen LogP contribution in [-0.4, -0.2) is 11.1 Å². The van der Waals surface area contributed by atoms with E-state index in [1.165, 1.54) is 11.6 Å². The molecule has 0 saturated heterocycles. The molecular formula is C14H11ClO2. The summed E-state index contributed by atoms with van der Waals surface area (Å²) >= 11 is 6.08. The van der Waals surface area contributed by atoms with Gasteiger partial charge in [0.2, 0.25) is 0 Å². The van der Waals surface area contributed by atoms with Crippen molar-refractivity contribution in [3.05, 3.63) is 58.6 Å². The van der Waals surface area contributed by atoms with Crippen molar-refractivity contribution >= 4 is 17.6 Å². The van der Waals surface area contributed by atoms with Crippen LogP contribution in [0.1, 0.15) is 15.9 Å². The van der Waals surface area contributed by atoms with Crippen LogP contribution in [-0.2, 0) is 0 Å². The average molecular weight is 247 g/mol. The number of hydrogen-bond donors (Lipinski definition) is 1. The van der Waals surface area contributed by atoms with E-state index in [1.54, 1.807) is 12.1 Å². The second-order valence-electron chi connectivity index (χ2n) is 3.87. The van der Waals surface area contributed by atoms with E-state index in [0.29, 0.717) is 5.02 Å². The highest BCUT2D eigenvalue weighted by atomic mass is 35.5. The second kappa shape index (κ2) is 4.60. The standard InChI is InChI=1S/C14H11ClO2/c1-9-2-4-10(5-3-9)12-7-6-11(14(16)17)8-13(12)15/h2-8H,1H3,(H,16,17). The molecule has 0 aliphatic rings. The number of carboxylic acids is 1. The maximum Gasteiger partial charge on any atom is 0.335 e. The lowest BCUT2D eigenvalue weighted by atomic mass is 10.0. The predicted octanol–water partition coefficient (Wildman–Crippen LogP) is 4.01. The van der Waals surface area contributed by atoms with Crippen molar-refractivity contribution in [3.8, 4) is 11.1 Å². The Morgan fingerprint density at radius 3 is 2.29 bits per heavy atom. The van der Waals surface area contributed by atoms with Crippen LogP contribution < -0.4 is 0 Å². The molecule has 0 atom stereocenters. The topological polar surface area (TPSA) is 37.3 Å². The number of benzene rings is 2. The van der Waals surface area contributed by atoms with Gasteiger partial charge in [-0.15, -0.1) is 0 Å². The summed E-state index contributed by atoms with van der Waals surface area (Å²) in [6, 6.07) is 12.7. The molecule has 0 amide bonds. The van der Waals surface area contributed by atoms with Crippen LogP contribution >= 0.6 is 11.6 Å². The Morgan fingerprint density at radius 2 is 1.76 bits per heavy atom. The van der Waals surface area contributed by atoms with Gasteiger partial charge in [-0.3, -0.25) is 0 Å². The zero-order chi connectivity index (χ0) is 12.4. The first-order valence-electron chi connectivity index (χ1n) is 5.18. The summed E-state index contributed by atoms with van der Waals surface area (Å²) < 4.78 is 0. The summed E-state index contributed by atoms with van der Waals surface area (Å²) in [5.41, 5.74) is 3.20. The van der Waals surface area contributed by atoms with Crippen molar-refractivity contribution in [3.63, 3.8) is 0 Å². The summed E-state index contributed by atoms with van der Waals surface area (Å²) in [6.45, 7) is 2.01. The van der Waals surface area contributed by atoms with Gasteiger partial charge in [-0.2, -0.15) is 0 Å². The van der Waals surface area contributed by atoms with Crippen molar-refractivity contribution < 1.29 is 9.90 Å².